The molecule has 204 valence electrons. The van der Waals surface area contributed by atoms with Crippen LogP contribution in [-0.4, -0.2) is 24.2 Å². The standard InChI is InChI=1S/C33H43NO4/c1-22-16-17-28(33(4,5)26-14-10-7-11-15-26)29(20-22)38-31(35)27-19-23(2)18-24(3)30(27)34-32(36)37-21-25-12-8-6-9-13-25/h6-15,18,22-23,27-30H,16-17,19-21H2,1-5H3,(H,34,36)/t22-,23+,27+,28-,29-,30-/m1/s1. The molecule has 1 amide bonds. The molecule has 5 heteroatoms. The van der Waals surface area contributed by atoms with Gasteiger partial charge >= 0.3 is 12.1 Å². The van der Waals surface area contributed by atoms with Gasteiger partial charge in [-0.1, -0.05) is 106 Å². The minimum atomic E-state index is -0.520. The van der Waals surface area contributed by atoms with E-state index in [-0.39, 0.29) is 35.9 Å². The first-order valence-corrected chi connectivity index (χ1v) is 14.1. The smallest absolute Gasteiger partial charge is 0.407 e. The van der Waals surface area contributed by atoms with E-state index in [4.69, 9.17) is 9.47 Å². The summed E-state index contributed by atoms with van der Waals surface area (Å²) in [5.41, 5.74) is 3.04. The molecule has 6 atom stereocenters. The lowest BCUT2D eigenvalue weighted by molar-refractivity contribution is -0.163. The Bertz CT molecular complexity index is 1110. The molecule has 0 saturated heterocycles. The average Bonchev–Trinajstić information content (AvgIpc) is 2.90. The first kappa shape index (κ1) is 27.9. The van der Waals surface area contributed by atoms with Crippen LogP contribution in [0.1, 0.15) is 71.4 Å². The van der Waals surface area contributed by atoms with Gasteiger partial charge in [-0.2, -0.15) is 0 Å². The fourth-order valence-corrected chi connectivity index (χ4v) is 6.42. The fraction of sp³-hybridized carbons (Fsp3) is 0.515. The molecule has 2 aliphatic carbocycles. The Morgan fingerprint density at radius 1 is 0.947 bits per heavy atom. The number of esters is 1. The number of carbonyl (C=O) groups is 2. The van der Waals surface area contributed by atoms with Crippen LogP contribution in [0.5, 0.6) is 0 Å². The molecule has 2 aromatic carbocycles. The van der Waals surface area contributed by atoms with Crippen LogP contribution in [-0.2, 0) is 26.3 Å². The predicted octanol–water partition coefficient (Wildman–Crippen LogP) is 7.21. The Morgan fingerprint density at radius 2 is 1.61 bits per heavy atom. The van der Waals surface area contributed by atoms with Gasteiger partial charge in [0.15, 0.2) is 0 Å². The zero-order valence-corrected chi connectivity index (χ0v) is 23.5. The SMILES string of the molecule is CC1=C[C@H](C)C[C@H](C(=O)O[C@@H]2C[C@H](C)CC[C@H]2C(C)(C)c2ccccc2)[C@@H]1NC(=O)OCc1ccccc1. The molecule has 4 rings (SSSR count). The maximum Gasteiger partial charge on any atom is 0.407 e. The van der Waals surface area contributed by atoms with E-state index in [0.29, 0.717) is 12.3 Å². The number of benzene rings is 2. The number of nitrogens with one attached hydrogen (secondary N) is 1. The van der Waals surface area contributed by atoms with Crippen molar-refractivity contribution in [2.45, 2.75) is 84.5 Å². The van der Waals surface area contributed by atoms with Crippen molar-refractivity contribution in [1.29, 1.82) is 0 Å². The summed E-state index contributed by atoms with van der Waals surface area (Å²) in [6, 6.07) is 19.7. The van der Waals surface area contributed by atoms with Gasteiger partial charge in [-0.3, -0.25) is 4.79 Å². The summed E-state index contributed by atoms with van der Waals surface area (Å²) in [5, 5.41) is 2.97. The van der Waals surface area contributed by atoms with E-state index in [1.165, 1.54) is 5.56 Å². The van der Waals surface area contributed by atoms with Gasteiger partial charge in [0.2, 0.25) is 0 Å². The number of allylic oxidation sites excluding steroid dienone is 1. The van der Waals surface area contributed by atoms with Crippen LogP contribution < -0.4 is 5.32 Å². The van der Waals surface area contributed by atoms with Crippen molar-refractivity contribution in [1.82, 2.24) is 5.32 Å². The van der Waals surface area contributed by atoms with Crippen LogP contribution in [0, 0.1) is 23.7 Å². The van der Waals surface area contributed by atoms with Gasteiger partial charge in [0.25, 0.3) is 0 Å². The first-order valence-electron chi connectivity index (χ1n) is 14.1. The van der Waals surface area contributed by atoms with Crippen LogP contribution in [0.4, 0.5) is 4.79 Å². The van der Waals surface area contributed by atoms with Crippen molar-refractivity contribution in [3.8, 4) is 0 Å². The third kappa shape index (κ3) is 6.67. The van der Waals surface area contributed by atoms with Gasteiger partial charge in [0.1, 0.15) is 12.7 Å². The van der Waals surface area contributed by atoms with E-state index in [1.807, 2.05) is 43.3 Å². The van der Waals surface area contributed by atoms with Gasteiger partial charge in [-0.05, 0) is 54.6 Å². The maximum absolute atomic E-state index is 13.8. The van der Waals surface area contributed by atoms with Crippen LogP contribution in [0.3, 0.4) is 0 Å². The van der Waals surface area contributed by atoms with Crippen LogP contribution >= 0.6 is 0 Å². The summed E-state index contributed by atoms with van der Waals surface area (Å²) in [7, 11) is 0. The van der Waals surface area contributed by atoms with Gasteiger partial charge in [-0.15, -0.1) is 0 Å². The van der Waals surface area contributed by atoms with Gasteiger partial charge in [0, 0.05) is 5.92 Å². The highest BCUT2D eigenvalue weighted by molar-refractivity contribution is 5.77. The van der Waals surface area contributed by atoms with Gasteiger partial charge in [-0.25, -0.2) is 4.79 Å². The van der Waals surface area contributed by atoms with Crippen molar-refractivity contribution in [3.63, 3.8) is 0 Å². The fourth-order valence-electron chi connectivity index (χ4n) is 6.42. The molecule has 1 N–H and O–H groups in total. The lowest BCUT2D eigenvalue weighted by Crippen LogP contribution is -2.49. The zero-order chi connectivity index (χ0) is 27.3. The first-order chi connectivity index (χ1) is 18.1. The molecule has 0 bridgehead atoms. The Hall–Kier alpha value is -3.08. The Morgan fingerprint density at radius 3 is 2.29 bits per heavy atom. The van der Waals surface area contributed by atoms with Crippen molar-refractivity contribution in [3.05, 3.63) is 83.4 Å². The van der Waals surface area contributed by atoms with Crippen molar-refractivity contribution in [2.75, 3.05) is 0 Å². The number of hydrogen-bond donors (Lipinski definition) is 1. The zero-order valence-electron chi connectivity index (χ0n) is 23.5. The number of rotatable bonds is 7. The van der Waals surface area contributed by atoms with E-state index in [1.54, 1.807) is 0 Å². The molecule has 1 saturated carbocycles. The number of hydrogen-bond acceptors (Lipinski definition) is 4. The van der Waals surface area contributed by atoms with E-state index in [9.17, 15) is 9.59 Å². The Labute approximate surface area is 228 Å². The Kier molecular flexibility index (Phi) is 8.96. The summed E-state index contributed by atoms with van der Waals surface area (Å²) in [5.74, 6) is 0.296. The molecule has 0 heterocycles. The third-order valence-corrected chi connectivity index (χ3v) is 8.62. The molecule has 0 spiro atoms. The average molecular weight is 518 g/mol. The second-order valence-corrected chi connectivity index (χ2v) is 12.0. The van der Waals surface area contributed by atoms with Crippen LogP contribution in [0.2, 0.25) is 0 Å². The summed E-state index contributed by atoms with van der Waals surface area (Å²) in [4.78, 5) is 26.5. The third-order valence-electron chi connectivity index (χ3n) is 8.62. The highest BCUT2D eigenvalue weighted by atomic mass is 16.6. The molecule has 2 aliphatic rings. The monoisotopic (exact) mass is 517 g/mol. The molecule has 2 aromatic rings. The second kappa shape index (κ2) is 12.2. The minimum absolute atomic E-state index is 0.124. The maximum atomic E-state index is 13.8. The second-order valence-electron chi connectivity index (χ2n) is 12.0. The molecule has 0 aliphatic heterocycles. The summed E-state index contributed by atoms with van der Waals surface area (Å²) in [6.45, 7) is 11.1. The van der Waals surface area contributed by atoms with E-state index >= 15 is 0 Å². The summed E-state index contributed by atoms with van der Waals surface area (Å²) < 4.78 is 11.9. The summed E-state index contributed by atoms with van der Waals surface area (Å²) >= 11 is 0. The number of alkyl carbamates (subject to hydrolysis) is 1. The normalized spacial score (nSPS) is 27.7. The molecule has 0 aromatic heterocycles. The molecule has 5 nitrogen and oxygen atoms in total. The topological polar surface area (TPSA) is 64.6 Å². The quantitative estimate of drug-likeness (QED) is 0.311. The number of amides is 1. The molecule has 0 radical (unpaired) electrons. The van der Waals surface area contributed by atoms with E-state index < -0.39 is 18.1 Å². The lowest BCUT2D eigenvalue weighted by atomic mass is 9.64. The molecule has 0 unspecified atom stereocenters. The highest BCUT2D eigenvalue weighted by Gasteiger charge is 2.44. The Balaban J connectivity index is 1.48. The van der Waals surface area contributed by atoms with Crippen molar-refractivity contribution < 1.29 is 19.1 Å². The number of ether oxygens (including phenoxy) is 2. The molecule has 38 heavy (non-hydrogen) atoms. The minimum Gasteiger partial charge on any atom is -0.462 e. The van der Waals surface area contributed by atoms with Crippen LogP contribution in [0.25, 0.3) is 0 Å². The lowest BCUT2D eigenvalue weighted by Gasteiger charge is -2.44. The highest BCUT2D eigenvalue weighted by Crippen LogP contribution is 2.44. The van der Waals surface area contributed by atoms with Crippen LogP contribution in [0.15, 0.2) is 72.3 Å². The number of carbonyl (C=O) groups excluding carboxylic acids is 2. The summed E-state index contributed by atoms with van der Waals surface area (Å²) in [6.07, 6.45) is 5.11. The molecular weight excluding hydrogens is 474 g/mol. The van der Waals surface area contributed by atoms with Crippen molar-refractivity contribution in [2.24, 2.45) is 23.7 Å². The van der Waals surface area contributed by atoms with E-state index in [2.05, 4.69) is 63.4 Å². The molecule has 1 fully saturated rings. The van der Waals surface area contributed by atoms with Gasteiger partial charge < -0.3 is 14.8 Å². The molecular formula is C33H43NO4. The van der Waals surface area contributed by atoms with Crippen molar-refractivity contribution >= 4 is 12.1 Å². The van der Waals surface area contributed by atoms with E-state index in [0.717, 1.165) is 30.4 Å². The largest absolute Gasteiger partial charge is 0.462 e. The van der Waals surface area contributed by atoms with Gasteiger partial charge in [0.05, 0.1) is 12.0 Å². The predicted molar refractivity (Wildman–Crippen MR) is 150 cm³/mol.